The highest BCUT2D eigenvalue weighted by Crippen LogP contribution is 2.29. The number of halogens is 1. The second-order valence-corrected chi connectivity index (χ2v) is 4.34. The van der Waals surface area contributed by atoms with E-state index in [1.807, 2.05) is 0 Å². The summed E-state index contributed by atoms with van der Waals surface area (Å²) >= 11 is 3.25. The number of pyridine rings is 1. The Balaban J connectivity index is 2.09. The molecule has 1 fully saturated rings. The number of carbonyl (C=O) groups is 1. The molecule has 0 atom stereocenters. The minimum Gasteiger partial charge on any atom is -0.477 e. The number of hydrogen-bond donors (Lipinski definition) is 0. The van der Waals surface area contributed by atoms with Gasteiger partial charge in [0.15, 0.2) is 6.29 Å². The molecule has 0 amide bonds. The SMILES string of the molecule is O=Cc1cc(Br)cnc1OCC1CC1. The first-order chi connectivity index (χ1) is 6.79. The summed E-state index contributed by atoms with van der Waals surface area (Å²) in [6.45, 7) is 0.676. The molecule has 1 aliphatic rings. The largest absolute Gasteiger partial charge is 0.477 e. The third-order valence-corrected chi connectivity index (χ3v) is 2.56. The maximum Gasteiger partial charge on any atom is 0.224 e. The fourth-order valence-corrected chi connectivity index (χ4v) is 1.48. The standard InChI is InChI=1S/C10H10BrNO2/c11-9-3-8(5-13)10(12-4-9)14-6-7-1-2-7/h3-5,7H,1-2,6H2. The van der Waals surface area contributed by atoms with E-state index in [4.69, 9.17) is 4.74 Å². The molecule has 74 valence electrons. The summed E-state index contributed by atoms with van der Waals surface area (Å²) in [4.78, 5) is 14.7. The summed E-state index contributed by atoms with van der Waals surface area (Å²) in [7, 11) is 0. The fourth-order valence-electron chi connectivity index (χ4n) is 1.13. The van der Waals surface area contributed by atoms with Crippen molar-refractivity contribution < 1.29 is 9.53 Å². The molecular formula is C10H10BrNO2. The lowest BCUT2D eigenvalue weighted by Gasteiger charge is -2.05. The van der Waals surface area contributed by atoms with Crippen LogP contribution in [0.1, 0.15) is 23.2 Å². The van der Waals surface area contributed by atoms with Crippen molar-refractivity contribution in [2.45, 2.75) is 12.8 Å². The summed E-state index contributed by atoms with van der Waals surface area (Å²) in [5, 5.41) is 0. The Morgan fingerprint density at radius 2 is 2.43 bits per heavy atom. The van der Waals surface area contributed by atoms with Gasteiger partial charge in [0.1, 0.15) is 0 Å². The molecule has 0 aliphatic heterocycles. The first-order valence-electron chi connectivity index (χ1n) is 4.53. The minimum absolute atomic E-state index is 0.440. The van der Waals surface area contributed by atoms with Crippen LogP contribution in [0.3, 0.4) is 0 Å². The molecule has 2 rings (SSSR count). The molecule has 1 aromatic rings. The Hall–Kier alpha value is -0.900. The van der Waals surface area contributed by atoms with Gasteiger partial charge in [-0.1, -0.05) is 0 Å². The molecule has 0 radical (unpaired) electrons. The van der Waals surface area contributed by atoms with Gasteiger partial charge in [0.25, 0.3) is 0 Å². The molecule has 4 heteroatoms. The maximum absolute atomic E-state index is 10.7. The quantitative estimate of drug-likeness (QED) is 0.776. The van der Waals surface area contributed by atoms with Gasteiger partial charge in [-0.3, -0.25) is 4.79 Å². The molecule has 14 heavy (non-hydrogen) atoms. The van der Waals surface area contributed by atoms with Crippen LogP contribution < -0.4 is 4.74 Å². The predicted molar refractivity (Wildman–Crippen MR) is 55.5 cm³/mol. The van der Waals surface area contributed by atoms with E-state index in [1.165, 1.54) is 12.8 Å². The highest BCUT2D eigenvalue weighted by atomic mass is 79.9. The second-order valence-electron chi connectivity index (χ2n) is 3.42. The zero-order valence-electron chi connectivity index (χ0n) is 7.57. The van der Waals surface area contributed by atoms with Gasteiger partial charge in [0, 0.05) is 10.7 Å². The van der Waals surface area contributed by atoms with Crippen molar-refractivity contribution in [3.63, 3.8) is 0 Å². The van der Waals surface area contributed by atoms with Crippen LogP contribution in [0.25, 0.3) is 0 Å². The summed E-state index contributed by atoms with van der Waals surface area (Å²) in [5.41, 5.74) is 0.500. The summed E-state index contributed by atoms with van der Waals surface area (Å²) in [6.07, 6.45) is 4.86. The number of hydrogen-bond acceptors (Lipinski definition) is 3. The van der Waals surface area contributed by atoms with Crippen LogP contribution in [0.5, 0.6) is 5.88 Å². The van der Waals surface area contributed by atoms with E-state index >= 15 is 0 Å². The van der Waals surface area contributed by atoms with Crippen LogP contribution in [0.15, 0.2) is 16.7 Å². The third-order valence-electron chi connectivity index (χ3n) is 2.13. The summed E-state index contributed by atoms with van der Waals surface area (Å²) in [5.74, 6) is 1.11. The lowest BCUT2D eigenvalue weighted by molar-refractivity contribution is 0.111. The molecule has 1 aliphatic carbocycles. The van der Waals surface area contributed by atoms with Crippen molar-refractivity contribution in [1.82, 2.24) is 4.98 Å². The molecule has 1 aromatic heterocycles. The van der Waals surface area contributed by atoms with Gasteiger partial charge in [0.05, 0.1) is 12.2 Å². The molecule has 0 N–H and O–H groups in total. The molecule has 0 spiro atoms. The minimum atomic E-state index is 0.440. The number of aromatic nitrogens is 1. The van der Waals surface area contributed by atoms with Crippen LogP contribution in [0, 0.1) is 5.92 Å². The maximum atomic E-state index is 10.7. The van der Waals surface area contributed by atoms with Gasteiger partial charge in [-0.2, -0.15) is 0 Å². The van der Waals surface area contributed by atoms with Crippen LogP contribution in [0.2, 0.25) is 0 Å². The first-order valence-corrected chi connectivity index (χ1v) is 5.32. The lowest BCUT2D eigenvalue weighted by Crippen LogP contribution is -2.03. The number of aldehydes is 1. The van der Waals surface area contributed by atoms with E-state index < -0.39 is 0 Å². The van der Waals surface area contributed by atoms with Crippen LogP contribution in [-0.2, 0) is 0 Å². The van der Waals surface area contributed by atoms with Crippen molar-refractivity contribution in [2.75, 3.05) is 6.61 Å². The van der Waals surface area contributed by atoms with Crippen LogP contribution >= 0.6 is 15.9 Å². The van der Waals surface area contributed by atoms with Crippen LogP contribution in [-0.4, -0.2) is 17.9 Å². The molecule has 0 unspecified atom stereocenters. The van der Waals surface area contributed by atoms with Gasteiger partial charge in [-0.05, 0) is 40.8 Å². The topological polar surface area (TPSA) is 39.2 Å². The Morgan fingerprint density at radius 3 is 3.07 bits per heavy atom. The summed E-state index contributed by atoms with van der Waals surface area (Å²) in [6, 6.07) is 1.71. The van der Waals surface area contributed by atoms with E-state index in [0.29, 0.717) is 24.0 Å². The fraction of sp³-hybridized carbons (Fsp3) is 0.400. The Bertz CT molecular complexity index is 350. The predicted octanol–water partition coefficient (Wildman–Crippen LogP) is 2.45. The van der Waals surface area contributed by atoms with Gasteiger partial charge in [-0.15, -0.1) is 0 Å². The Labute approximate surface area is 90.6 Å². The number of rotatable bonds is 4. The van der Waals surface area contributed by atoms with E-state index in [-0.39, 0.29) is 0 Å². The number of nitrogens with zero attached hydrogens (tertiary/aromatic N) is 1. The second kappa shape index (κ2) is 4.09. The van der Waals surface area contributed by atoms with Crippen molar-refractivity contribution in [1.29, 1.82) is 0 Å². The number of ether oxygens (including phenoxy) is 1. The molecule has 3 nitrogen and oxygen atoms in total. The van der Waals surface area contributed by atoms with E-state index in [1.54, 1.807) is 12.3 Å². The van der Waals surface area contributed by atoms with Crippen LogP contribution in [0.4, 0.5) is 0 Å². The number of carbonyl (C=O) groups excluding carboxylic acids is 1. The van der Waals surface area contributed by atoms with Gasteiger partial charge < -0.3 is 4.74 Å². The Kier molecular flexibility index (Phi) is 2.82. The molecule has 1 heterocycles. The normalized spacial score (nSPS) is 15.2. The molecule has 0 bridgehead atoms. The molecule has 0 aromatic carbocycles. The highest BCUT2D eigenvalue weighted by molar-refractivity contribution is 9.10. The van der Waals surface area contributed by atoms with Crippen molar-refractivity contribution in [2.24, 2.45) is 5.92 Å². The first kappa shape index (κ1) is 9.65. The van der Waals surface area contributed by atoms with Crippen molar-refractivity contribution in [3.8, 4) is 5.88 Å². The monoisotopic (exact) mass is 255 g/mol. The zero-order chi connectivity index (χ0) is 9.97. The third kappa shape index (κ3) is 2.32. The average Bonchev–Trinajstić information content (AvgIpc) is 2.99. The van der Waals surface area contributed by atoms with E-state index in [9.17, 15) is 4.79 Å². The molecule has 1 saturated carbocycles. The van der Waals surface area contributed by atoms with Gasteiger partial charge in [-0.25, -0.2) is 4.98 Å². The zero-order valence-corrected chi connectivity index (χ0v) is 9.16. The van der Waals surface area contributed by atoms with Gasteiger partial charge in [0.2, 0.25) is 5.88 Å². The molecule has 0 saturated heterocycles. The van der Waals surface area contributed by atoms with Gasteiger partial charge >= 0.3 is 0 Å². The summed E-state index contributed by atoms with van der Waals surface area (Å²) < 4.78 is 6.23. The highest BCUT2D eigenvalue weighted by Gasteiger charge is 2.22. The van der Waals surface area contributed by atoms with E-state index in [0.717, 1.165) is 10.8 Å². The molecular weight excluding hydrogens is 246 g/mol. The smallest absolute Gasteiger partial charge is 0.224 e. The average molecular weight is 256 g/mol. The Morgan fingerprint density at radius 1 is 1.64 bits per heavy atom. The van der Waals surface area contributed by atoms with Crippen molar-refractivity contribution in [3.05, 3.63) is 22.3 Å². The lowest BCUT2D eigenvalue weighted by atomic mass is 10.3. The van der Waals surface area contributed by atoms with E-state index in [2.05, 4.69) is 20.9 Å². The van der Waals surface area contributed by atoms with Crippen molar-refractivity contribution >= 4 is 22.2 Å².